The van der Waals surface area contributed by atoms with Crippen molar-refractivity contribution >= 4 is 33.8 Å². The molecule has 1 aliphatic carbocycles. The summed E-state index contributed by atoms with van der Waals surface area (Å²) >= 11 is 0. The SMILES string of the molecule is CN1CCc2ccc(Nc3ncc4c(=O)n5n(c4n3)-c3ccc4oc(=O)n(c4c3)CCCC=CC5)cc2C12CC2. The van der Waals surface area contributed by atoms with Crippen molar-refractivity contribution in [1.29, 1.82) is 0 Å². The predicted molar refractivity (Wildman–Crippen MR) is 153 cm³/mol. The molecule has 40 heavy (non-hydrogen) atoms. The summed E-state index contributed by atoms with van der Waals surface area (Å²) in [6.07, 6.45) is 10.7. The Morgan fingerprint density at radius 3 is 2.83 bits per heavy atom. The number of likely N-dealkylation sites (N-methyl/N-ethyl adjacent to an activating group) is 1. The molecule has 2 aliphatic heterocycles. The van der Waals surface area contributed by atoms with E-state index in [9.17, 15) is 9.59 Å². The second kappa shape index (κ2) is 8.53. The molecular weight excluding hydrogens is 506 g/mol. The Balaban J connectivity index is 1.26. The van der Waals surface area contributed by atoms with E-state index in [2.05, 4.69) is 40.4 Å². The van der Waals surface area contributed by atoms with Crippen LogP contribution in [0.4, 0.5) is 11.6 Å². The van der Waals surface area contributed by atoms with Crippen LogP contribution in [0.1, 0.15) is 36.8 Å². The molecule has 202 valence electrons. The van der Waals surface area contributed by atoms with Crippen LogP contribution in [0, 0.1) is 0 Å². The number of hydrogen-bond acceptors (Lipinski definition) is 7. The van der Waals surface area contributed by atoms with E-state index in [0.717, 1.165) is 37.2 Å². The number of aromatic nitrogens is 5. The third-order valence-corrected chi connectivity index (χ3v) is 8.81. The van der Waals surface area contributed by atoms with Gasteiger partial charge in [0.1, 0.15) is 5.39 Å². The molecule has 1 fully saturated rings. The molecule has 10 nitrogen and oxygen atoms in total. The second-order valence-electron chi connectivity index (χ2n) is 11.1. The maximum absolute atomic E-state index is 13.5. The van der Waals surface area contributed by atoms with Crippen molar-refractivity contribution < 1.29 is 4.42 Å². The van der Waals surface area contributed by atoms with Crippen LogP contribution < -0.4 is 16.6 Å². The maximum Gasteiger partial charge on any atom is 0.419 e. The first-order chi connectivity index (χ1) is 19.5. The first-order valence-corrected chi connectivity index (χ1v) is 13.9. The maximum atomic E-state index is 13.5. The van der Waals surface area contributed by atoms with E-state index in [1.807, 2.05) is 29.0 Å². The molecule has 2 bridgehead atoms. The number of nitrogens with one attached hydrogen (secondary N) is 1. The van der Waals surface area contributed by atoms with Crippen molar-refractivity contribution in [2.45, 2.75) is 50.7 Å². The fourth-order valence-corrected chi connectivity index (χ4v) is 6.48. The van der Waals surface area contributed by atoms with Crippen LogP contribution in [0.15, 0.2) is 68.8 Å². The molecule has 0 amide bonds. The van der Waals surface area contributed by atoms with Crippen molar-refractivity contribution in [3.05, 3.63) is 86.8 Å². The van der Waals surface area contributed by atoms with Crippen molar-refractivity contribution in [3.8, 4) is 5.69 Å². The number of nitrogens with zero attached hydrogens (tertiary/aromatic N) is 6. The van der Waals surface area contributed by atoms with Crippen molar-refractivity contribution in [3.63, 3.8) is 0 Å². The van der Waals surface area contributed by atoms with Crippen molar-refractivity contribution in [2.24, 2.45) is 0 Å². The molecule has 1 saturated carbocycles. The van der Waals surface area contributed by atoms with Gasteiger partial charge in [0.05, 0.1) is 17.7 Å². The summed E-state index contributed by atoms with van der Waals surface area (Å²) in [5.74, 6) is 0.0475. The topological polar surface area (TPSA) is 103 Å². The highest BCUT2D eigenvalue weighted by atomic mass is 16.4. The van der Waals surface area contributed by atoms with Gasteiger partial charge < -0.3 is 9.73 Å². The molecule has 5 aromatic rings. The van der Waals surface area contributed by atoms with E-state index in [1.54, 1.807) is 21.5 Å². The Morgan fingerprint density at radius 1 is 1.05 bits per heavy atom. The molecule has 3 aliphatic rings. The minimum absolute atomic E-state index is 0.163. The van der Waals surface area contributed by atoms with Crippen LogP contribution in [0.25, 0.3) is 27.8 Å². The highest BCUT2D eigenvalue weighted by Gasteiger charge is 2.50. The van der Waals surface area contributed by atoms with Gasteiger partial charge in [-0.3, -0.25) is 14.3 Å². The summed E-state index contributed by atoms with van der Waals surface area (Å²) in [7, 11) is 2.22. The van der Waals surface area contributed by atoms with Crippen LogP contribution in [-0.2, 0) is 25.0 Å². The van der Waals surface area contributed by atoms with Crippen LogP contribution >= 0.6 is 0 Å². The highest BCUT2D eigenvalue weighted by molar-refractivity contribution is 5.80. The third-order valence-electron chi connectivity index (χ3n) is 8.81. The number of rotatable bonds is 2. The number of anilines is 2. The van der Waals surface area contributed by atoms with Gasteiger partial charge in [0.2, 0.25) is 5.95 Å². The molecular formula is C30H29N7O3. The lowest BCUT2D eigenvalue weighted by Gasteiger charge is -2.35. The van der Waals surface area contributed by atoms with Crippen LogP contribution in [0.2, 0.25) is 0 Å². The van der Waals surface area contributed by atoms with E-state index in [4.69, 9.17) is 9.40 Å². The monoisotopic (exact) mass is 535 g/mol. The summed E-state index contributed by atoms with van der Waals surface area (Å²) in [6.45, 7) is 2.05. The quantitative estimate of drug-likeness (QED) is 0.340. The van der Waals surface area contributed by atoms with Gasteiger partial charge in [0.15, 0.2) is 11.2 Å². The molecule has 2 aromatic carbocycles. The molecule has 0 radical (unpaired) electrons. The standard InChI is InChI=1S/C30H29N7O3/c1-34-15-10-19-6-7-20(16-23(19)30(34)11-12-30)32-28-31-18-22-26(33-28)37-21-8-9-25-24(17-21)35(29(39)40-25)13-4-2-3-5-14-36(37)27(22)38/h3,5-9,16-18H,2,4,10-15H2,1H3,(H,31,32,33). The number of hydrogen-bond donors (Lipinski definition) is 1. The van der Waals surface area contributed by atoms with Gasteiger partial charge in [-0.1, -0.05) is 18.2 Å². The Hall–Kier alpha value is -4.44. The lowest BCUT2D eigenvalue weighted by molar-refractivity contribution is 0.208. The van der Waals surface area contributed by atoms with Gasteiger partial charge >= 0.3 is 5.76 Å². The van der Waals surface area contributed by atoms with Gasteiger partial charge in [-0.05, 0) is 80.6 Å². The minimum atomic E-state index is -0.374. The average molecular weight is 536 g/mol. The van der Waals surface area contributed by atoms with Crippen LogP contribution in [-0.4, -0.2) is 42.4 Å². The molecule has 1 N–H and O–H groups in total. The first kappa shape index (κ1) is 23.4. The van der Waals surface area contributed by atoms with E-state index in [1.165, 1.54) is 24.0 Å². The zero-order valence-corrected chi connectivity index (χ0v) is 22.3. The Labute approximate surface area is 229 Å². The Kier molecular flexibility index (Phi) is 5.00. The number of aryl methyl sites for hydroxylation is 1. The summed E-state index contributed by atoms with van der Waals surface area (Å²) in [4.78, 5) is 37.9. The molecule has 0 unspecified atom stereocenters. The largest absolute Gasteiger partial charge is 0.419 e. The summed E-state index contributed by atoms with van der Waals surface area (Å²) < 4.78 is 10.6. The lowest BCUT2D eigenvalue weighted by atomic mass is 9.90. The second-order valence-corrected chi connectivity index (χ2v) is 11.1. The normalized spacial score (nSPS) is 18.0. The fourth-order valence-electron chi connectivity index (χ4n) is 6.48. The van der Waals surface area contributed by atoms with Gasteiger partial charge in [0, 0.05) is 30.5 Å². The van der Waals surface area contributed by atoms with Gasteiger partial charge in [-0.25, -0.2) is 19.1 Å². The summed E-state index contributed by atoms with van der Waals surface area (Å²) in [5, 5.41) is 3.83. The number of fused-ring (bicyclic) bond motifs is 7. The highest BCUT2D eigenvalue weighted by Crippen LogP contribution is 2.53. The number of allylic oxidation sites excluding steroid dienone is 2. The molecule has 3 aromatic heterocycles. The number of benzene rings is 2. The first-order valence-electron chi connectivity index (χ1n) is 13.9. The fraction of sp³-hybridized carbons (Fsp3) is 0.333. The Morgan fingerprint density at radius 2 is 1.95 bits per heavy atom. The van der Waals surface area contributed by atoms with Crippen molar-refractivity contribution in [2.75, 3.05) is 18.9 Å². The smallest absolute Gasteiger partial charge is 0.408 e. The minimum Gasteiger partial charge on any atom is -0.408 e. The zero-order valence-electron chi connectivity index (χ0n) is 22.3. The molecule has 8 rings (SSSR count). The van der Waals surface area contributed by atoms with Crippen molar-refractivity contribution in [1.82, 2.24) is 28.8 Å². The lowest BCUT2D eigenvalue weighted by Crippen LogP contribution is -2.38. The average Bonchev–Trinajstić information content (AvgIpc) is 3.63. The number of oxazole rings is 1. The van der Waals surface area contributed by atoms with E-state index < -0.39 is 0 Å². The molecule has 0 saturated heterocycles. The van der Waals surface area contributed by atoms with Crippen LogP contribution in [0.5, 0.6) is 0 Å². The molecule has 1 spiro atoms. The van der Waals surface area contributed by atoms with Gasteiger partial charge in [0.25, 0.3) is 5.56 Å². The van der Waals surface area contributed by atoms with Crippen LogP contribution in [0.3, 0.4) is 0 Å². The zero-order chi connectivity index (χ0) is 27.0. The molecule has 0 atom stereocenters. The summed E-state index contributed by atoms with van der Waals surface area (Å²) in [5.41, 5.74) is 6.18. The van der Waals surface area contributed by atoms with Gasteiger partial charge in [-0.2, -0.15) is 4.98 Å². The van der Waals surface area contributed by atoms with E-state index in [0.29, 0.717) is 41.2 Å². The molecule has 5 heterocycles. The van der Waals surface area contributed by atoms with E-state index >= 15 is 0 Å². The third kappa shape index (κ3) is 3.45. The predicted octanol–water partition coefficient (Wildman–Crippen LogP) is 4.06. The summed E-state index contributed by atoms with van der Waals surface area (Å²) in [6, 6.07) is 12.1. The Bertz CT molecular complexity index is 1970. The van der Waals surface area contributed by atoms with E-state index in [-0.39, 0.29) is 16.9 Å². The molecule has 10 heteroatoms. The van der Waals surface area contributed by atoms with Gasteiger partial charge in [-0.15, -0.1) is 0 Å².